The molecule has 0 amide bonds. The van der Waals surface area contributed by atoms with Crippen molar-refractivity contribution in [1.82, 2.24) is 0 Å². The second-order valence-electron chi connectivity index (χ2n) is 5.23. The third kappa shape index (κ3) is 5.50. The highest BCUT2D eigenvalue weighted by Gasteiger charge is 2.35. The average Bonchev–Trinajstić information content (AvgIpc) is 2.92. The van der Waals surface area contributed by atoms with Gasteiger partial charge >= 0.3 is 6.16 Å². The van der Waals surface area contributed by atoms with Crippen LogP contribution < -0.4 is 4.74 Å². The van der Waals surface area contributed by atoms with Crippen LogP contribution in [0.15, 0.2) is 24.3 Å². The van der Waals surface area contributed by atoms with Crippen molar-refractivity contribution >= 4 is 6.16 Å². The van der Waals surface area contributed by atoms with Crippen molar-refractivity contribution in [1.29, 1.82) is 0 Å². The lowest BCUT2D eigenvalue weighted by Gasteiger charge is -2.11. The molecule has 23 heavy (non-hydrogen) atoms. The number of methoxy groups -OCH3 is 1. The molecule has 5 nitrogen and oxygen atoms in total. The Bertz CT molecular complexity index is 555. The molecule has 0 aliphatic carbocycles. The highest BCUT2D eigenvalue weighted by atomic mass is 16.8. The fourth-order valence-corrected chi connectivity index (χ4v) is 2.09. The van der Waals surface area contributed by atoms with Gasteiger partial charge in [-0.3, -0.25) is 0 Å². The van der Waals surface area contributed by atoms with E-state index >= 15 is 0 Å². The van der Waals surface area contributed by atoms with E-state index < -0.39 is 18.4 Å². The Morgan fingerprint density at radius 3 is 2.70 bits per heavy atom. The molecule has 2 rings (SSSR count). The normalized spacial score (nSPS) is 19.5. The second kappa shape index (κ2) is 9.06. The molecule has 0 saturated carbocycles. The van der Waals surface area contributed by atoms with E-state index in [-0.39, 0.29) is 6.61 Å². The van der Waals surface area contributed by atoms with E-state index in [2.05, 4.69) is 18.8 Å². The Labute approximate surface area is 136 Å². The van der Waals surface area contributed by atoms with Crippen LogP contribution in [0.4, 0.5) is 4.79 Å². The van der Waals surface area contributed by atoms with E-state index in [0.29, 0.717) is 6.61 Å². The Morgan fingerprint density at radius 1 is 1.22 bits per heavy atom. The highest BCUT2D eigenvalue weighted by Crippen LogP contribution is 2.17. The maximum Gasteiger partial charge on any atom is 0.510 e. The van der Waals surface area contributed by atoms with Crippen molar-refractivity contribution in [2.75, 3.05) is 13.7 Å². The van der Waals surface area contributed by atoms with Crippen molar-refractivity contribution in [3.8, 4) is 17.6 Å². The monoisotopic (exact) mass is 318 g/mol. The van der Waals surface area contributed by atoms with Gasteiger partial charge in [0.1, 0.15) is 5.75 Å². The lowest BCUT2D eigenvalue weighted by atomic mass is 10.2. The van der Waals surface area contributed by atoms with Gasteiger partial charge in [-0.25, -0.2) is 4.79 Å². The summed E-state index contributed by atoms with van der Waals surface area (Å²) >= 11 is 0. The zero-order valence-corrected chi connectivity index (χ0v) is 13.5. The molecule has 0 radical (unpaired) electrons. The summed E-state index contributed by atoms with van der Waals surface area (Å²) in [5.74, 6) is 6.77. The fraction of sp³-hybridized carbons (Fsp3) is 0.500. The molecule has 0 unspecified atom stereocenters. The van der Waals surface area contributed by atoms with Crippen molar-refractivity contribution < 1.29 is 23.7 Å². The summed E-state index contributed by atoms with van der Waals surface area (Å²) < 4.78 is 20.9. The number of hydrogen-bond acceptors (Lipinski definition) is 5. The molecule has 1 aromatic carbocycles. The van der Waals surface area contributed by atoms with Gasteiger partial charge in [0, 0.05) is 6.42 Å². The van der Waals surface area contributed by atoms with Gasteiger partial charge in [0.15, 0.2) is 6.10 Å². The molecular formula is C18H22O5. The van der Waals surface area contributed by atoms with E-state index in [9.17, 15) is 4.79 Å². The van der Waals surface area contributed by atoms with Gasteiger partial charge in [0.05, 0.1) is 20.3 Å². The van der Waals surface area contributed by atoms with Gasteiger partial charge in [0.2, 0.25) is 6.10 Å². The summed E-state index contributed by atoms with van der Waals surface area (Å²) in [6.45, 7) is 2.79. The summed E-state index contributed by atoms with van der Waals surface area (Å²) in [6, 6.07) is 7.61. The zero-order valence-electron chi connectivity index (χ0n) is 13.5. The Morgan fingerprint density at radius 2 is 2.00 bits per heavy atom. The van der Waals surface area contributed by atoms with E-state index in [1.54, 1.807) is 7.11 Å². The van der Waals surface area contributed by atoms with Crippen LogP contribution in [-0.4, -0.2) is 32.1 Å². The molecule has 0 N–H and O–H groups in total. The minimum Gasteiger partial charge on any atom is -0.497 e. The SMILES string of the molecule is CCCCC#C[C@@H]1OC(=O)O[C@H]1COCc1ccc(OC)cc1. The molecule has 124 valence electrons. The first-order valence-corrected chi connectivity index (χ1v) is 7.79. The van der Waals surface area contributed by atoms with Crippen LogP contribution >= 0.6 is 0 Å². The molecule has 0 aromatic heterocycles. The Balaban J connectivity index is 1.79. The first-order valence-electron chi connectivity index (χ1n) is 7.79. The highest BCUT2D eigenvalue weighted by molar-refractivity contribution is 5.63. The molecular weight excluding hydrogens is 296 g/mol. The number of cyclic esters (lactones) is 2. The van der Waals surface area contributed by atoms with Crippen LogP contribution in [0.2, 0.25) is 0 Å². The number of carbonyl (C=O) groups is 1. The first-order chi connectivity index (χ1) is 11.2. The third-order valence-corrected chi connectivity index (χ3v) is 3.42. The molecule has 1 aliphatic heterocycles. The quantitative estimate of drug-likeness (QED) is 0.438. The van der Waals surface area contributed by atoms with Crippen molar-refractivity contribution in [2.24, 2.45) is 0 Å². The van der Waals surface area contributed by atoms with Crippen molar-refractivity contribution in [2.45, 2.75) is 45.0 Å². The molecule has 1 saturated heterocycles. The van der Waals surface area contributed by atoms with Crippen LogP contribution in [0.3, 0.4) is 0 Å². The predicted octanol–water partition coefficient (Wildman–Crippen LogP) is 3.31. The van der Waals surface area contributed by atoms with Gasteiger partial charge in [-0.05, 0) is 24.1 Å². The van der Waals surface area contributed by atoms with Crippen LogP contribution in [-0.2, 0) is 20.8 Å². The number of carbonyl (C=O) groups excluding carboxylic acids is 1. The minimum atomic E-state index is -0.683. The topological polar surface area (TPSA) is 54.0 Å². The third-order valence-electron chi connectivity index (χ3n) is 3.42. The fourth-order valence-electron chi connectivity index (χ4n) is 2.09. The lowest BCUT2D eigenvalue weighted by Crippen LogP contribution is -2.26. The van der Waals surface area contributed by atoms with Crippen molar-refractivity contribution in [3.05, 3.63) is 29.8 Å². The van der Waals surface area contributed by atoms with Crippen molar-refractivity contribution in [3.63, 3.8) is 0 Å². The van der Waals surface area contributed by atoms with E-state index in [1.165, 1.54) is 0 Å². The van der Waals surface area contributed by atoms with E-state index in [0.717, 1.165) is 30.6 Å². The maximum absolute atomic E-state index is 11.3. The van der Waals surface area contributed by atoms with E-state index in [1.807, 2.05) is 24.3 Å². The number of benzene rings is 1. The average molecular weight is 318 g/mol. The Kier molecular flexibility index (Phi) is 6.76. The van der Waals surface area contributed by atoms with Gasteiger partial charge < -0.3 is 18.9 Å². The lowest BCUT2D eigenvalue weighted by molar-refractivity contribution is 0.0316. The number of rotatable bonds is 7. The molecule has 1 aromatic rings. The van der Waals surface area contributed by atoms with Gasteiger partial charge in [-0.15, -0.1) is 0 Å². The maximum atomic E-state index is 11.3. The largest absolute Gasteiger partial charge is 0.510 e. The van der Waals surface area contributed by atoms with Gasteiger partial charge in [-0.2, -0.15) is 0 Å². The van der Waals surface area contributed by atoms with E-state index in [4.69, 9.17) is 18.9 Å². The van der Waals surface area contributed by atoms with Crippen LogP contribution in [0.1, 0.15) is 31.7 Å². The molecule has 0 spiro atoms. The van der Waals surface area contributed by atoms with Crippen LogP contribution in [0, 0.1) is 11.8 Å². The number of unbranched alkanes of at least 4 members (excludes halogenated alkanes) is 2. The summed E-state index contributed by atoms with van der Waals surface area (Å²) in [5.41, 5.74) is 1.02. The molecule has 1 fully saturated rings. The second-order valence-corrected chi connectivity index (χ2v) is 5.23. The first kappa shape index (κ1) is 17.2. The summed E-state index contributed by atoms with van der Waals surface area (Å²) in [5, 5.41) is 0. The smallest absolute Gasteiger partial charge is 0.497 e. The van der Waals surface area contributed by atoms with Gasteiger partial charge in [-0.1, -0.05) is 37.3 Å². The minimum absolute atomic E-state index is 0.255. The molecule has 1 aliphatic rings. The Hall–Kier alpha value is -2.19. The zero-order chi connectivity index (χ0) is 16.5. The summed E-state index contributed by atoms with van der Waals surface area (Å²) in [6.07, 6.45) is 1.21. The molecule has 1 heterocycles. The van der Waals surface area contributed by atoms with Crippen LogP contribution in [0.5, 0.6) is 5.75 Å². The number of hydrogen-bond donors (Lipinski definition) is 0. The summed E-state index contributed by atoms with van der Waals surface area (Å²) in [7, 11) is 1.63. The predicted molar refractivity (Wildman–Crippen MR) is 85.1 cm³/mol. The van der Waals surface area contributed by atoms with Gasteiger partial charge in [0.25, 0.3) is 0 Å². The van der Waals surface area contributed by atoms with Crippen LogP contribution in [0.25, 0.3) is 0 Å². The standard InChI is InChI=1S/C18H22O5/c1-3-4-5-6-7-16-17(23-18(19)22-16)13-21-12-14-8-10-15(20-2)11-9-14/h8-11,16-17H,3-5,12-13H2,1-2H3/t16-,17-/m0/s1. The summed E-state index contributed by atoms with van der Waals surface area (Å²) in [4.78, 5) is 11.3. The molecule has 2 atom stereocenters. The molecule has 5 heteroatoms. The molecule has 0 bridgehead atoms. The number of ether oxygens (including phenoxy) is 4.